The molecule has 1 N–H and O–H groups in total. The topological polar surface area (TPSA) is 63.1 Å². The first-order chi connectivity index (χ1) is 9.04. The molecule has 0 aliphatic carbocycles. The minimum absolute atomic E-state index is 0.0195. The third-order valence-electron chi connectivity index (χ3n) is 2.33. The van der Waals surface area contributed by atoms with E-state index in [0.717, 1.165) is 5.56 Å². The lowest BCUT2D eigenvalue weighted by Crippen LogP contribution is -2.03. The molecule has 1 heterocycles. The van der Waals surface area contributed by atoms with Gasteiger partial charge in [0.15, 0.2) is 10.9 Å². The van der Waals surface area contributed by atoms with E-state index >= 15 is 0 Å². The first-order valence-corrected chi connectivity index (χ1v) is 6.87. The Morgan fingerprint density at radius 3 is 2.63 bits per heavy atom. The molecule has 0 saturated carbocycles. The average Bonchev–Trinajstić information content (AvgIpc) is 2.37. The van der Waals surface area contributed by atoms with Crippen LogP contribution in [0.1, 0.15) is 21.7 Å². The molecule has 0 bridgehead atoms. The number of rotatable bonds is 4. The highest BCUT2D eigenvalue weighted by Crippen LogP contribution is 2.21. The number of aromatic nitrogens is 2. The highest BCUT2D eigenvalue weighted by molar-refractivity contribution is 7.98. The zero-order valence-corrected chi connectivity index (χ0v) is 11.7. The van der Waals surface area contributed by atoms with Crippen molar-refractivity contribution in [2.45, 2.75) is 17.8 Å². The average molecular weight is 295 g/mol. The summed E-state index contributed by atoms with van der Waals surface area (Å²) in [4.78, 5) is 19.1. The minimum Gasteiger partial charge on any atom is -0.477 e. The lowest BCUT2D eigenvalue weighted by Gasteiger charge is -2.03. The molecule has 2 rings (SSSR count). The zero-order chi connectivity index (χ0) is 13.8. The van der Waals surface area contributed by atoms with Crippen LogP contribution in [0, 0.1) is 6.92 Å². The van der Waals surface area contributed by atoms with Crippen LogP contribution in [0.3, 0.4) is 0 Å². The van der Waals surface area contributed by atoms with E-state index in [9.17, 15) is 4.79 Å². The molecule has 4 nitrogen and oxygen atoms in total. The quantitative estimate of drug-likeness (QED) is 0.691. The maximum absolute atomic E-state index is 10.9. The summed E-state index contributed by atoms with van der Waals surface area (Å²) < 4.78 is 0. The number of carbonyl (C=O) groups is 1. The molecule has 0 radical (unpaired) electrons. The lowest BCUT2D eigenvalue weighted by molar-refractivity contribution is 0.0689. The molecule has 0 spiro atoms. The maximum atomic E-state index is 10.9. The Balaban J connectivity index is 2.11. The number of carboxylic acid groups (broad SMARTS) is 1. The molecule has 1 aromatic carbocycles. The van der Waals surface area contributed by atoms with Crippen molar-refractivity contribution in [2.75, 3.05) is 0 Å². The number of carboxylic acids is 1. The molecule has 1 aromatic heterocycles. The highest BCUT2D eigenvalue weighted by Gasteiger charge is 2.09. The summed E-state index contributed by atoms with van der Waals surface area (Å²) in [6, 6.07) is 8.93. The number of halogens is 1. The van der Waals surface area contributed by atoms with Crippen molar-refractivity contribution in [3.8, 4) is 0 Å². The Kier molecular flexibility index (Phi) is 4.39. The van der Waals surface area contributed by atoms with Gasteiger partial charge in [-0.15, -0.1) is 0 Å². The van der Waals surface area contributed by atoms with Gasteiger partial charge in [0, 0.05) is 16.5 Å². The van der Waals surface area contributed by atoms with E-state index in [-0.39, 0.29) is 5.69 Å². The summed E-state index contributed by atoms with van der Waals surface area (Å²) in [7, 11) is 0. The molecular formula is C13H11ClN2O2S. The highest BCUT2D eigenvalue weighted by atomic mass is 35.5. The lowest BCUT2D eigenvalue weighted by atomic mass is 10.2. The summed E-state index contributed by atoms with van der Waals surface area (Å²) >= 11 is 7.20. The van der Waals surface area contributed by atoms with Crippen LogP contribution in [-0.2, 0) is 5.75 Å². The van der Waals surface area contributed by atoms with Gasteiger partial charge >= 0.3 is 5.97 Å². The van der Waals surface area contributed by atoms with Crippen molar-refractivity contribution in [2.24, 2.45) is 0 Å². The predicted molar refractivity (Wildman–Crippen MR) is 74.7 cm³/mol. The number of benzene rings is 1. The van der Waals surface area contributed by atoms with E-state index in [0.29, 0.717) is 21.6 Å². The van der Waals surface area contributed by atoms with Gasteiger partial charge in [-0.3, -0.25) is 0 Å². The van der Waals surface area contributed by atoms with E-state index < -0.39 is 5.97 Å². The van der Waals surface area contributed by atoms with E-state index in [2.05, 4.69) is 9.97 Å². The number of aryl methyl sites for hydroxylation is 1. The summed E-state index contributed by atoms with van der Waals surface area (Å²) in [5.74, 6) is -0.376. The van der Waals surface area contributed by atoms with Crippen LogP contribution in [0.2, 0.25) is 5.02 Å². The van der Waals surface area contributed by atoms with Gasteiger partial charge in [0.2, 0.25) is 0 Å². The minimum atomic E-state index is -1.04. The largest absolute Gasteiger partial charge is 0.477 e. The zero-order valence-electron chi connectivity index (χ0n) is 10.1. The summed E-state index contributed by atoms with van der Waals surface area (Å²) in [5, 5.41) is 10.1. The Hall–Kier alpha value is -1.59. The standard InChI is InChI=1S/C13H11ClN2O2S/c1-8-6-11(12(17)18)16-13(15-8)19-7-9-2-4-10(14)5-3-9/h2-6H,7H2,1H3,(H,17,18). The van der Waals surface area contributed by atoms with Gasteiger partial charge in [-0.1, -0.05) is 35.5 Å². The van der Waals surface area contributed by atoms with Gasteiger partial charge in [0.05, 0.1) is 0 Å². The number of thioether (sulfide) groups is 1. The molecular weight excluding hydrogens is 284 g/mol. The van der Waals surface area contributed by atoms with Crippen molar-refractivity contribution in [1.29, 1.82) is 0 Å². The fourth-order valence-electron chi connectivity index (χ4n) is 1.44. The van der Waals surface area contributed by atoms with E-state index in [4.69, 9.17) is 16.7 Å². The number of hydrogen-bond donors (Lipinski definition) is 1. The Morgan fingerprint density at radius 2 is 2.00 bits per heavy atom. The van der Waals surface area contributed by atoms with Crippen LogP contribution in [0.4, 0.5) is 0 Å². The molecule has 19 heavy (non-hydrogen) atoms. The predicted octanol–water partition coefficient (Wildman–Crippen LogP) is 3.43. The second-order valence-electron chi connectivity index (χ2n) is 3.90. The molecule has 0 atom stereocenters. The van der Waals surface area contributed by atoms with Crippen molar-refractivity contribution in [1.82, 2.24) is 9.97 Å². The fraction of sp³-hybridized carbons (Fsp3) is 0.154. The van der Waals surface area contributed by atoms with E-state index in [1.54, 1.807) is 6.92 Å². The molecule has 2 aromatic rings. The molecule has 98 valence electrons. The molecule has 0 aliphatic rings. The van der Waals surface area contributed by atoms with E-state index in [1.165, 1.54) is 17.8 Å². The first-order valence-electron chi connectivity index (χ1n) is 5.51. The summed E-state index contributed by atoms with van der Waals surface area (Å²) in [5.41, 5.74) is 1.74. The van der Waals surface area contributed by atoms with Crippen molar-refractivity contribution in [3.05, 3.63) is 52.3 Å². The van der Waals surface area contributed by atoms with Crippen LogP contribution in [-0.4, -0.2) is 21.0 Å². The van der Waals surface area contributed by atoms with Crippen molar-refractivity contribution in [3.63, 3.8) is 0 Å². The smallest absolute Gasteiger partial charge is 0.354 e. The number of nitrogens with zero attached hydrogens (tertiary/aromatic N) is 2. The van der Waals surface area contributed by atoms with Gasteiger partial charge in [-0.25, -0.2) is 14.8 Å². The van der Waals surface area contributed by atoms with Crippen LogP contribution >= 0.6 is 23.4 Å². The number of aromatic carboxylic acids is 1. The number of hydrogen-bond acceptors (Lipinski definition) is 4. The summed E-state index contributed by atoms with van der Waals surface area (Å²) in [6.45, 7) is 1.75. The van der Waals surface area contributed by atoms with Crippen molar-refractivity contribution < 1.29 is 9.90 Å². The molecule has 0 aliphatic heterocycles. The molecule has 0 amide bonds. The van der Waals surface area contributed by atoms with Crippen LogP contribution in [0.15, 0.2) is 35.5 Å². The van der Waals surface area contributed by atoms with Gasteiger partial charge in [-0.05, 0) is 30.7 Å². The summed E-state index contributed by atoms with van der Waals surface area (Å²) in [6.07, 6.45) is 0. The third-order valence-corrected chi connectivity index (χ3v) is 3.50. The second-order valence-corrected chi connectivity index (χ2v) is 5.28. The second kappa shape index (κ2) is 6.04. The Morgan fingerprint density at radius 1 is 1.32 bits per heavy atom. The van der Waals surface area contributed by atoms with Crippen LogP contribution in [0.5, 0.6) is 0 Å². The molecule has 0 fully saturated rings. The Bertz CT molecular complexity index is 602. The SMILES string of the molecule is Cc1cc(C(=O)O)nc(SCc2ccc(Cl)cc2)n1. The van der Waals surface area contributed by atoms with Gasteiger partial charge < -0.3 is 5.11 Å². The van der Waals surface area contributed by atoms with Crippen LogP contribution < -0.4 is 0 Å². The molecule has 0 saturated heterocycles. The fourth-order valence-corrected chi connectivity index (χ4v) is 2.43. The molecule has 0 unspecified atom stereocenters. The van der Waals surface area contributed by atoms with Gasteiger partial charge in [0.25, 0.3) is 0 Å². The van der Waals surface area contributed by atoms with Gasteiger partial charge in [0.1, 0.15) is 0 Å². The van der Waals surface area contributed by atoms with Gasteiger partial charge in [-0.2, -0.15) is 0 Å². The first kappa shape index (κ1) is 13.8. The normalized spacial score (nSPS) is 10.4. The van der Waals surface area contributed by atoms with E-state index in [1.807, 2.05) is 24.3 Å². The monoisotopic (exact) mass is 294 g/mol. The van der Waals surface area contributed by atoms with Crippen molar-refractivity contribution >= 4 is 29.3 Å². The Labute approximate surface area is 119 Å². The molecule has 6 heteroatoms. The third kappa shape index (κ3) is 3.94. The van der Waals surface area contributed by atoms with Crippen LogP contribution in [0.25, 0.3) is 0 Å². The maximum Gasteiger partial charge on any atom is 0.354 e.